The minimum Gasteiger partial charge on any atom is -0.497 e. The zero-order valence-corrected chi connectivity index (χ0v) is 22.5. The first-order valence-corrected chi connectivity index (χ1v) is 12.4. The highest BCUT2D eigenvalue weighted by Crippen LogP contribution is 2.26. The number of hydrogen-bond acceptors (Lipinski definition) is 7. The molecule has 4 aromatic rings. The third-order valence-electron chi connectivity index (χ3n) is 5.77. The van der Waals surface area contributed by atoms with Gasteiger partial charge in [-0.2, -0.15) is 4.80 Å². The third kappa shape index (κ3) is 7.07. The molecular formula is C28H31FN6O4. The molecule has 0 unspecified atom stereocenters. The van der Waals surface area contributed by atoms with Crippen molar-refractivity contribution in [3.8, 4) is 17.3 Å². The fourth-order valence-corrected chi connectivity index (χ4v) is 3.98. The molecule has 4 rings (SSSR count). The van der Waals surface area contributed by atoms with Crippen LogP contribution >= 0.6 is 0 Å². The number of hydrogen-bond donors (Lipinski definition) is 1. The summed E-state index contributed by atoms with van der Waals surface area (Å²) in [5.74, 6) is 0.709. The van der Waals surface area contributed by atoms with Gasteiger partial charge in [0.2, 0.25) is 17.6 Å². The number of carbonyl (C=O) groups excluding carboxylic acids is 2. The lowest BCUT2D eigenvalue weighted by molar-refractivity contribution is -0.143. The zero-order valence-electron chi connectivity index (χ0n) is 22.5. The number of nitrogens with zero attached hydrogens (tertiary/aromatic N) is 5. The van der Waals surface area contributed by atoms with E-state index in [9.17, 15) is 14.0 Å². The molecule has 11 heteroatoms. The van der Waals surface area contributed by atoms with E-state index in [-0.39, 0.29) is 18.9 Å². The normalized spacial score (nSPS) is 12.2. The number of furan rings is 1. The van der Waals surface area contributed by atoms with E-state index in [1.165, 1.54) is 29.2 Å². The molecule has 0 aliphatic heterocycles. The maximum absolute atomic E-state index is 13.8. The fraction of sp³-hybridized carbons (Fsp3) is 0.321. The van der Waals surface area contributed by atoms with Gasteiger partial charge in [-0.05, 0) is 80.4 Å². The van der Waals surface area contributed by atoms with Crippen LogP contribution in [0.5, 0.6) is 5.75 Å². The lowest BCUT2D eigenvalue weighted by Gasteiger charge is -2.33. The minimum absolute atomic E-state index is 0.0847. The van der Waals surface area contributed by atoms with Crippen molar-refractivity contribution in [2.24, 2.45) is 0 Å². The molecule has 0 aliphatic rings. The summed E-state index contributed by atoms with van der Waals surface area (Å²) in [5.41, 5.74) is 0.643. The molecule has 0 bridgehead atoms. The number of ether oxygens (including phenoxy) is 1. The van der Waals surface area contributed by atoms with E-state index in [0.29, 0.717) is 22.8 Å². The zero-order chi connectivity index (χ0) is 28.2. The van der Waals surface area contributed by atoms with E-state index in [2.05, 4.69) is 20.7 Å². The second-order valence-corrected chi connectivity index (χ2v) is 10.1. The smallest absolute Gasteiger partial charge is 0.247 e. The molecule has 39 heavy (non-hydrogen) atoms. The van der Waals surface area contributed by atoms with Crippen LogP contribution in [0.1, 0.15) is 43.7 Å². The number of nitrogens with one attached hydrogen (secondary N) is 1. The summed E-state index contributed by atoms with van der Waals surface area (Å²) in [6, 6.07) is 15.1. The summed E-state index contributed by atoms with van der Waals surface area (Å²) >= 11 is 0. The Hall–Kier alpha value is -4.54. The maximum Gasteiger partial charge on any atom is 0.247 e. The molecule has 2 amide bonds. The highest BCUT2D eigenvalue weighted by Gasteiger charge is 2.34. The van der Waals surface area contributed by atoms with Gasteiger partial charge in [0.05, 0.1) is 7.11 Å². The second-order valence-electron chi connectivity index (χ2n) is 10.1. The monoisotopic (exact) mass is 534 g/mol. The van der Waals surface area contributed by atoms with Crippen molar-refractivity contribution in [1.29, 1.82) is 0 Å². The molecular weight excluding hydrogens is 503 g/mol. The molecule has 0 fully saturated rings. The van der Waals surface area contributed by atoms with Gasteiger partial charge in [-0.15, -0.1) is 10.2 Å². The van der Waals surface area contributed by atoms with Crippen molar-refractivity contribution in [2.45, 2.75) is 52.4 Å². The van der Waals surface area contributed by atoms with Gasteiger partial charge in [0.25, 0.3) is 0 Å². The summed E-state index contributed by atoms with van der Waals surface area (Å²) < 4.78 is 24.6. The van der Waals surface area contributed by atoms with Gasteiger partial charge < -0.3 is 19.4 Å². The number of halogens is 1. The molecule has 2 aromatic carbocycles. The van der Waals surface area contributed by atoms with E-state index < -0.39 is 29.2 Å². The largest absolute Gasteiger partial charge is 0.497 e. The van der Waals surface area contributed by atoms with Crippen LogP contribution in [0.2, 0.25) is 0 Å². The van der Waals surface area contributed by atoms with Crippen molar-refractivity contribution in [3.63, 3.8) is 0 Å². The second kappa shape index (κ2) is 11.5. The maximum atomic E-state index is 13.8. The summed E-state index contributed by atoms with van der Waals surface area (Å²) in [7, 11) is 1.57. The molecule has 0 saturated carbocycles. The predicted molar refractivity (Wildman–Crippen MR) is 141 cm³/mol. The molecule has 2 aromatic heterocycles. The lowest BCUT2D eigenvalue weighted by Crippen LogP contribution is -2.49. The number of benzene rings is 2. The van der Waals surface area contributed by atoms with Crippen LogP contribution in [0.25, 0.3) is 11.6 Å². The summed E-state index contributed by atoms with van der Waals surface area (Å²) in [6.07, 6.45) is 0. The Morgan fingerprint density at radius 2 is 1.77 bits per heavy atom. The molecule has 0 radical (unpaired) electrons. The molecule has 1 atom stereocenters. The topological polar surface area (TPSA) is 115 Å². The van der Waals surface area contributed by atoms with E-state index >= 15 is 0 Å². The molecule has 10 nitrogen and oxygen atoms in total. The molecule has 0 spiro atoms. The van der Waals surface area contributed by atoms with Crippen LogP contribution in [0.4, 0.5) is 4.39 Å². The van der Waals surface area contributed by atoms with Gasteiger partial charge in [0.15, 0.2) is 5.76 Å². The Labute approximate surface area is 225 Å². The molecule has 0 saturated heterocycles. The average molecular weight is 535 g/mol. The highest BCUT2D eigenvalue weighted by atomic mass is 19.1. The van der Waals surface area contributed by atoms with Gasteiger partial charge >= 0.3 is 0 Å². The molecule has 204 valence electrons. The standard InChI is InChI=1S/C28H31FN6O4/c1-18-6-15-23(39-18)26-31-33-35(32-26)17-24(36)34(16-19-7-13-22(38-5)14-8-19)25(27(37)30-28(2,3)4)20-9-11-21(29)12-10-20/h6-15,25H,16-17H2,1-5H3,(H,30,37)/t25-/m1/s1. The van der Waals surface area contributed by atoms with E-state index in [1.54, 1.807) is 38.3 Å². The Morgan fingerprint density at radius 1 is 1.08 bits per heavy atom. The Bertz CT molecular complexity index is 1420. The van der Waals surface area contributed by atoms with Crippen LogP contribution < -0.4 is 10.1 Å². The van der Waals surface area contributed by atoms with Crippen molar-refractivity contribution in [3.05, 3.63) is 83.4 Å². The first-order chi connectivity index (χ1) is 18.5. The number of aryl methyl sites for hydroxylation is 1. The number of rotatable bonds is 9. The number of methoxy groups -OCH3 is 1. The Kier molecular flexibility index (Phi) is 8.08. The fourth-order valence-electron chi connectivity index (χ4n) is 3.98. The highest BCUT2D eigenvalue weighted by molar-refractivity contribution is 5.89. The Balaban J connectivity index is 1.70. The minimum atomic E-state index is -1.06. The van der Waals surface area contributed by atoms with Crippen LogP contribution in [0, 0.1) is 12.7 Å². The van der Waals surface area contributed by atoms with Crippen LogP contribution in [0.15, 0.2) is 65.1 Å². The van der Waals surface area contributed by atoms with Crippen molar-refractivity contribution in [1.82, 2.24) is 30.4 Å². The number of tetrazole rings is 1. The SMILES string of the molecule is COc1ccc(CN(C(=O)Cn2nnc(-c3ccc(C)o3)n2)[C@@H](C(=O)NC(C)(C)C)c2ccc(F)cc2)cc1. The van der Waals surface area contributed by atoms with E-state index in [1.807, 2.05) is 32.9 Å². The average Bonchev–Trinajstić information content (AvgIpc) is 3.53. The van der Waals surface area contributed by atoms with Crippen molar-refractivity contribution < 1.29 is 23.1 Å². The van der Waals surface area contributed by atoms with Gasteiger partial charge in [0, 0.05) is 12.1 Å². The number of carbonyl (C=O) groups is 2. The van der Waals surface area contributed by atoms with Gasteiger partial charge in [-0.3, -0.25) is 9.59 Å². The molecule has 2 heterocycles. The lowest BCUT2D eigenvalue weighted by atomic mass is 10.0. The van der Waals surface area contributed by atoms with E-state index in [4.69, 9.17) is 9.15 Å². The quantitative estimate of drug-likeness (QED) is 0.344. The van der Waals surface area contributed by atoms with Crippen LogP contribution in [-0.2, 0) is 22.7 Å². The molecule has 0 aliphatic carbocycles. The number of amides is 2. The predicted octanol–water partition coefficient (Wildman–Crippen LogP) is 4.07. The molecule has 1 N–H and O–H groups in total. The first-order valence-electron chi connectivity index (χ1n) is 12.4. The van der Waals surface area contributed by atoms with Gasteiger partial charge in [0.1, 0.15) is 29.9 Å². The summed E-state index contributed by atoms with van der Waals surface area (Å²) in [5, 5.41) is 15.2. The van der Waals surface area contributed by atoms with Crippen molar-refractivity contribution >= 4 is 11.8 Å². The van der Waals surface area contributed by atoms with Gasteiger partial charge in [-0.1, -0.05) is 24.3 Å². The van der Waals surface area contributed by atoms with E-state index in [0.717, 1.165) is 10.4 Å². The third-order valence-corrected chi connectivity index (χ3v) is 5.77. The first kappa shape index (κ1) is 27.5. The summed E-state index contributed by atoms with van der Waals surface area (Å²) in [6.45, 7) is 7.13. The number of aromatic nitrogens is 4. The van der Waals surface area contributed by atoms with Crippen LogP contribution in [-0.4, -0.2) is 49.6 Å². The van der Waals surface area contributed by atoms with Crippen LogP contribution in [0.3, 0.4) is 0 Å². The summed E-state index contributed by atoms with van der Waals surface area (Å²) in [4.78, 5) is 30.1. The Morgan fingerprint density at radius 3 is 2.36 bits per heavy atom. The van der Waals surface area contributed by atoms with Gasteiger partial charge in [-0.25, -0.2) is 4.39 Å². The van der Waals surface area contributed by atoms with Crippen molar-refractivity contribution in [2.75, 3.05) is 7.11 Å².